The minimum absolute atomic E-state index is 0.140. The summed E-state index contributed by atoms with van der Waals surface area (Å²) in [5, 5.41) is 8.12. The fourth-order valence-electron chi connectivity index (χ4n) is 3.10. The van der Waals surface area contributed by atoms with Gasteiger partial charge in [-0.25, -0.2) is 4.98 Å². The standard InChI is InChI=1S/C17H19N7O2/c25-15(6-10-24-12-18-11-20-24)23-8-4-13(5-9-23)16-21-17(26-22-16)14-3-1-2-7-19-14/h1-3,7,11-13H,4-6,8-10H2. The number of nitrogens with zero attached hydrogens (tertiary/aromatic N) is 7. The van der Waals surface area contributed by atoms with Crippen LogP contribution in [-0.2, 0) is 11.3 Å². The summed E-state index contributed by atoms with van der Waals surface area (Å²) in [5.74, 6) is 1.48. The average Bonchev–Trinajstić information content (AvgIpc) is 3.39. The molecule has 0 aromatic carbocycles. The van der Waals surface area contributed by atoms with Crippen LogP contribution in [0.25, 0.3) is 11.6 Å². The summed E-state index contributed by atoms with van der Waals surface area (Å²) in [5.41, 5.74) is 0.673. The summed E-state index contributed by atoms with van der Waals surface area (Å²) in [4.78, 5) is 26.8. The first-order chi connectivity index (χ1) is 12.8. The van der Waals surface area contributed by atoms with Gasteiger partial charge in [-0.15, -0.1) is 0 Å². The third-order valence-electron chi connectivity index (χ3n) is 4.56. The summed E-state index contributed by atoms with van der Waals surface area (Å²) in [7, 11) is 0. The van der Waals surface area contributed by atoms with Gasteiger partial charge in [-0.2, -0.15) is 10.1 Å². The van der Waals surface area contributed by atoms with Crippen LogP contribution >= 0.6 is 0 Å². The van der Waals surface area contributed by atoms with E-state index in [2.05, 4.69) is 25.2 Å². The number of carbonyl (C=O) groups is 1. The van der Waals surface area contributed by atoms with E-state index in [9.17, 15) is 4.79 Å². The first-order valence-electron chi connectivity index (χ1n) is 8.65. The van der Waals surface area contributed by atoms with Gasteiger partial charge < -0.3 is 9.42 Å². The van der Waals surface area contributed by atoms with E-state index in [1.54, 1.807) is 17.2 Å². The SMILES string of the molecule is O=C(CCn1cncn1)N1CCC(c2noc(-c3ccccn3)n2)CC1. The predicted molar refractivity (Wildman–Crippen MR) is 90.7 cm³/mol. The Labute approximate surface area is 150 Å². The average molecular weight is 353 g/mol. The molecule has 0 radical (unpaired) electrons. The lowest BCUT2D eigenvalue weighted by Gasteiger charge is -2.30. The van der Waals surface area contributed by atoms with Crippen molar-refractivity contribution in [2.24, 2.45) is 0 Å². The number of hydrogen-bond acceptors (Lipinski definition) is 7. The zero-order valence-corrected chi connectivity index (χ0v) is 14.2. The highest BCUT2D eigenvalue weighted by Crippen LogP contribution is 2.27. The normalized spacial score (nSPS) is 15.3. The molecule has 0 unspecified atom stereocenters. The van der Waals surface area contributed by atoms with Gasteiger partial charge in [-0.3, -0.25) is 14.5 Å². The van der Waals surface area contributed by atoms with Gasteiger partial charge in [0.2, 0.25) is 5.91 Å². The summed E-state index contributed by atoms with van der Waals surface area (Å²) < 4.78 is 7.01. The van der Waals surface area contributed by atoms with E-state index >= 15 is 0 Å². The molecule has 9 nitrogen and oxygen atoms in total. The maximum absolute atomic E-state index is 12.3. The smallest absolute Gasteiger partial charge is 0.276 e. The van der Waals surface area contributed by atoms with Crippen LogP contribution in [-0.4, -0.2) is 53.8 Å². The zero-order chi connectivity index (χ0) is 17.8. The lowest BCUT2D eigenvalue weighted by Crippen LogP contribution is -2.38. The Morgan fingerprint density at radius 3 is 2.88 bits per heavy atom. The first kappa shape index (κ1) is 16.4. The van der Waals surface area contributed by atoms with Gasteiger partial charge in [0.05, 0.1) is 6.54 Å². The summed E-state index contributed by atoms with van der Waals surface area (Å²) in [6.45, 7) is 1.96. The van der Waals surface area contributed by atoms with Crippen LogP contribution in [0, 0.1) is 0 Å². The molecule has 0 saturated carbocycles. The Bertz CT molecular complexity index is 839. The molecule has 4 heterocycles. The number of amides is 1. The monoisotopic (exact) mass is 353 g/mol. The highest BCUT2D eigenvalue weighted by atomic mass is 16.5. The quantitative estimate of drug-likeness (QED) is 0.685. The van der Waals surface area contributed by atoms with Crippen molar-refractivity contribution in [3.05, 3.63) is 42.9 Å². The lowest BCUT2D eigenvalue weighted by atomic mass is 9.96. The van der Waals surface area contributed by atoms with Gasteiger partial charge in [0, 0.05) is 31.6 Å². The van der Waals surface area contributed by atoms with E-state index in [0.717, 1.165) is 12.8 Å². The van der Waals surface area contributed by atoms with Gasteiger partial charge >= 0.3 is 0 Å². The Balaban J connectivity index is 1.31. The van der Waals surface area contributed by atoms with E-state index < -0.39 is 0 Å². The van der Waals surface area contributed by atoms with Crippen molar-refractivity contribution in [1.29, 1.82) is 0 Å². The number of aryl methyl sites for hydroxylation is 1. The van der Waals surface area contributed by atoms with Crippen LogP contribution in [0.2, 0.25) is 0 Å². The van der Waals surface area contributed by atoms with Crippen molar-refractivity contribution in [2.75, 3.05) is 13.1 Å². The van der Waals surface area contributed by atoms with Crippen LogP contribution in [0.5, 0.6) is 0 Å². The molecule has 4 rings (SSSR count). The number of aromatic nitrogens is 6. The van der Waals surface area contributed by atoms with Gasteiger partial charge in [-0.1, -0.05) is 11.2 Å². The third-order valence-corrected chi connectivity index (χ3v) is 4.56. The molecule has 134 valence electrons. The van der Waals surface area contributed by atoms with Gasteiger partial charge in [0.15, 0.2) is 5.82 Å². The fourth-order valence-corrected chi connectivity index (χ4v) is 3.10. The second kappa shape index (κ2) is 7.42. The summed E-state index contributed by atoms with van der Waals surface area (Å²) in [6, 6.07) is 5.57. The van der Waals surface area contributed by atoms with Crippen molar-refractivity contribution in [3.63, 3.8) is 0 Å². The van der Waals surface area contributed by atoms with Crippen LogP contribution in [0.15, 0.2) is 41.6 Å². The Kier molecular flexibility index (Phi) is 4.67. The predicted octanol–water partition coefficient (Wildman–Crippen LogP) is 1.52. The minimum Gasteiger partial charge on any atom is -0.343 e. The second-order valence-corrected chi connectivity index (χ2v) is 6.24. The topological polar surface area (TPSA) is 103 Å². The second-order valence-electron chi connectivity index (χ2n) is 6.24. The van der Waals surface area contributed by atoms with Crippen molar-refractivity contribution in [3.8, 4) is 11.6 Å². The van der Waals surface area contributed by atoms with E-state index in [1.807, 2.05) is 23.1 Å². The van der Waals surface area contributed by atoms with E-state index in [0.29, 0.717) is 43.5 Å². The maximum Gasteiger partial charge on any atom is 0.276 e. The lowest BCUT2D eigenvalue weighted by molar-refractivity contribution is -0.132. The zero-order valence-electron chi connectivity index (χ0n) is 14.2. The van der Waals surface area contributed by atoms with Crippen molar-refractivity contribution >= 4 is 5.91 Å². The highest BCUT2D eigenvalue weighted by Gasteiger charge is 2.27. The van der Waals surface area contributed by atoms with Gasteiger partial charge in [0.1, 0.15) is 18.3 Å². The van der Waals surface area contributed by atoms with E-state index in [1.165, 1.54) is 6.33 Å². The van der Waals surface area contributed by atoms with Crippen molar-refractivity contribution in [2.45, 2.75) is 31.7 Å². The molecule has 1 amide bonds. The van der Waals surface area contributed by atoms with Crippen molar-refractivity contribution in [1.82, 2.24) is 34.8 Å². The molecule has 1 aliphatic heterocycles. The molecule has 3 aromatic rings. The fraction of sp³-hybridized carbons (Fsp3) is 0.412. The van der Waals surface area contributed by atoms with Gasteiger partial charge in [0.25, 0.3) is 5.89 Å². The molecule has 26 heavy (non-hydrogen) atoms. The largest absolute Gasteiger partial charge is 0.343 e. The maximum atomic E-state index is 12.3. The Morgan fingerprint density at radius 2 is 2.15 bits per heavy atom. The molecule has 1 fully saturated rings. The number of pyridine rings is 1. The summed E-state index contributed by atoms with van der Waals surface area (Å²) >= 11 is 0. The number of piperidine rings is 1. The molecular weight excluding hydrogens is 334 g/mol. The number of carbonyl (C=O) groups excluding carboxylic acids is 1. The molecule has 3 aromatic heterocycles. The minimum atomic E-state index is 0.140. The Hall–Kier alpha value is -3.10. The Morgan fingerprint density at radius 1 is 1.27 bits per heavy atom. The van der Waals surface area contributed by atoms with Crippen LogP contribution in [0.4, 0.5) is 0 Å². The molecule has 1 aliphatic rings. The molecular formula is C17H19N7O2. The van der Waals surface area contributed by atoms with Gasteiger partial charge in [-0.05, 0) is 25.0 Å². The molecule has 1 saturated heterocycles. The van der Waals surface area contributed by atoms with Crippen LogP contribution in [0.1, 0.15) is 31.0 Å². The molecule has 9 heteroatoms. The highest BCUT2D eigenvalue weighted by molar-refractivity contribution is 5.76. The molecule has 0 aliphatic carbocycles. The number of likely N-dealkylation sites (tertiary alicyclic amines) is 1. The molecule has 0 N–H and O–H groups in total. The molecule has 0 spiro atoms. The number of hydrogen-bond donors (Lipinski definition) is 0. The van der Waals surface area contributed by atoms with E-state index in [-0.39, 0.29) is 11.8 Å². The van der Waals surface area contributed by atoms with Crippen molar-refractivity contribution < 1.29 is 9.32 Å². The number of rotatable bonds is 5. The van der Waals surface area contributed by atoms with Crippen LogP contribution < -0.4 is 0 Å². The molecule has 0 bridgehead atoms. The van der Waals surface area contributed by atoms with E-state index in [4.69, 9.17) is 4.52 Å². The molecule has 0 atom stereocenters. The third kappa shape index (κ3) is 3.61. The first-order valence-corrected chi connectivity index (χ1v) is 8.65. The van der Waals surface area contributed by atoms with Crippen LogP contribution in [0.3, 0.4) is 0 Å². The summed E-state index contributed by atoms with van der Waals surface area (Å²) in [6.07, 6.45) is 6.88.